The Morgan fingerprint density at radius 2 is 2.00 bits per heavy atom. The van der Waals surface area contributed by atoms with E-state index >= 15 is 0 Å². The standard InChI is InChI=1S/C13H12BrNO.CH4N2O/c1-15-13-6-2-5-12(14)11(13)8-7-10-4-3-9-16-10;2-3-1-4/h2-9,15H,1H3;1H,2H2,(H,3,4)/b8-7+;. The van der Waals surface area contributed by atoms with Gasteiger partial charge >= 0.3 is 0 Å². The van der Waals surface area contributed by atoms with Gasteiger partial charge in [0.15, 0.2) is 0 Å². The zero-order valence-corrected chi connectivity index (χ0v) is 12.6. The highest BCUT2D eigenvalue weighted by Crippen LogP contribution is 2.26. The minimum atomic E-state index is 0.403. The molecule has 0 aliphatic carbocycles. The summed E-state index contributed by atoms with van der Waals surface area (Å²) in [7, 11) is 1.91. The number of amides is 1. The fraction of sp³-hybridized carbons (Fsp3) is 0.0714. The Bertz CT molecular complexity index is 554. The normalized spacial score (nSPS) is 9.75. The van der Waals surface area contributed by atoms with Crippen LogP contribution in [0.4, 0.5) is 5.69 Å². The van der Waals surface area contributed by atoms with Crippen LogP contribution in [0.3, 0.4) is 0 Å². The third-order valence-electron chi connectivity index (χ3n) is 2.35. The van der Waals surface area contributed by atoms with E-state index in [0.717, 1.165) is 21.5 Å². The first kappa shape index (κ1) is 16.0. The predicted molar refractivity (Wildman–Crippen MR) is 84.7 cm³/mol. The second kappa shape index (κ2) is 8.95. The zero-order chi connectivity index (χ0) is 14.8. The maximum atomic E-state index is 8.94. The molecule has 4 N–H and O–H groups in total. The highest BCUT2D eigenvalue weighted by Gasteiger charge is 2.01. The molecule has 2 aromatic rings. The lowest BCUT2D eigenvalue weighted by Crippen LogP contribution is -2.18. The Kier molecular flexibility index (Phi) is 7.16. The summed E-state index contributed by atoms with van der Waals surface area (Å²) in [6, 6.07) is 9.85. The molecule has 0 aliphatic heterocycles. The van der Waals surface area contributed by atoms with E-state index in [-0.39, 0.29) is 0 Å². The van der Waals surface area contributed by atoms with Gasteiger partial charge in [-0.3, -0.25) is 10.2 Å². The van der Waals surface area contributed by atoms with Crippen LogP contribution in [0.2, 0.25) is 0 Å². The summed E-state index contributed by atoms with van der Waals surface area (Å²) in [6.07, 6.45) is 6.04. The van der Waals surface area contributed by atoms with Crippen molar-refractivity contribution in [2.75, 3.05) is 12.4 Å². The Balaban J connectivity index is 0.000000444. The van der Waals surface area contributed by atoms with E-state index in [4.69, 9.17) is 9.21 Å². The second-order valence-electron chi connectivity index (χ2n) is 3.58. The SMILES string of the molecule is CNc1cccc(Br)c1/C=C/c1ccco1.NNC=O. The summed E-state index contributed by atoms with van der Waals surface area (Å²) >= 11 is 3.53. The van der Waals surface area contributed by atoms with Crippen molar-refractivity contribution < 1.29 is 9.21 Å². The van der Waals surface area contributed by atoms with Gasteiger partial charge in [-0.15, -0.1) is 0 Å². The summed E-state index contributed by atoms with van der Waals surface area (Å²) in [5.74, 6) is 5.25. The third kappa shape index (κ3) is 4.91. The molecule has 0 unspecified atom stereocenters. The summed E-state index contributed by atoms with van der Waals surface area (Å²) in [6.45, 7) is 0. The Morgan fingerprint density at radius 1 is 1.25 bits per heavy atom. The number of nitrogens with one attached hydrogen (secondary N) is 2. The first-order chi connectivity index (χ1) is 9.72. The van der Waals surface area contributed by atoms with E-state index in [9.17, 15) is 0 Å². The van der Waals surface area contributed by atoms with Gasteiger partial charge in [-0.2, -0.15) is 0 Å². The Hall–Kier alpha value is -2.05. The molecule has 0 saturated heterocycles. The molecule has 0 bridgehead atoms. The molecule has 0 fully saturated rings. The number of furan rings is 1. The number of benzene rings is 1. The molecule has 1 heterocycles. The molecule has 5 nitrogen and oxygen atoms in total. The largest absolute Gasteiger partial charge is 0.465 e. The Labute approximate surface area is 125 Å². The van der Waals surface area contributed by atoms with E-state index in [2.05, 4.69) is 27.1 Å². The lowest BCUT2D eigenvalue weighted by atomic mass is 10.1. The van der Waals surface area contributed by atoms with Crippen molar-refractivity contribution in [1.29, 1.82) is 0 Å². The molecule has 0 atom stereocenters. The van der Waals surface area contributed by atoms with Gasteiger partial charge in [0, 0.05) is 22.8 Å². The smallest absolute Gasteiger partial charge is 0.221 e. The first-order valence-corrected chi connectivity index (χ1v) is 6.59. The van der Waals surface area contributed by atoms with Crippen LogP contribution in [0.15, 0.2) is 45.5 Å². The van der Waals surface area contributed by atoms with Gasteiger partial charge < -0.3 is 9.73 Å². The quantitative estimate of drug-likeness (QED) is 0.347. The van der Waals surface area contributed by atoms with Crippen molar-refractivity contribution in [1.82, 2.24) is 5.43 Å². The number of carbonyl (C=O) groups is 1. The lowest BCUT2D eigenvalue weighted by Gasteiger charge is -2.06. The van der Waals surface area contributed by atoms with E-state index in [1.54, 1.807) is 11.7 Å². The molecule has 1 amide bonds. The molecule has 6 heteroatoms. The van der Waals surface area contributed by atoms with Gasteiger partial charge in [-0.1, -0.05) is 22.0 Å². The molecular weight excluding hydrogens is 322 g/mol. The number of carbonyl (C=O) groups excluding carboxylic acids is 1. The van der Waals surface area contributed by atoms with Crippen LogP contribution in [0.25, 0.3) is 12.2 Å². The van der Waals surface area contributed by atoms with E-state index in [0.29, 0.717) is 6.41 Å². The fourth-order valence-electron chi connectivity index (χ4n) is 1.48. The van der Waals surface area contributed by atoms with Crippen LogP contribution < -0.4 is 16.6 Å². The number of rotatable bonds is 4. The van der Waals surface area contributed by atoms with Crippen molar-refractivity contribution in [3.63, 3.8) is 0 Å². The first-order valence-electron chi connectivity index (χ1n) is 5.80. The topological polar surface area (TPSA) is 80.3 Å². The Morgan fingerprint density at radius 3 is 2.55 bits per heavy atom. The summed E-state index contributed by atoms with van der Waals surface area (Å²) in [4.78, 5) is 8.94. The van der Waals surface area contributed by atoms with Crippen molar-refractivity contribution in [2.45, 2.75) is 0 Å². The number of hydrazine groups is 1. The van der Waals surface area contributed by atoms with Crippen LogP contribution in [0.5, 0.6) is 0 Å². The summed E-state index contributed by atoms with van der Waals surface area (Å²) in [5, 5.41) is 3.15. The third-order valence-corrected chi connectivity index (χ3v) is 3.04. The minimum absolute atomic E-state index is 0.403. The van der Waals surface area contributed by atoms with Crippen molar-refractivity contribution >= 4 is 40.2 Å². The monoisotopic (exact) mass is 337 g/mol. The average Bonchev–Trinajstić information content (AvgIpc) is 2.99. The summed E-state index contributed by atoms with van der Waals surface area (Å²) in [5.41, 5.74) is 3.94. The molecule has 1 aromatic heterocycles. The van der Waals surface area contributed by atoms with E-state index in [1.165, 1.54) is 0 Å². The fourth-order valence-corrected chi connectivity index (χ4v) is 1.97. The maximum absolute atomic E-state index is 8.94. The lowest BCUT2D eigenvalue weighted by molar-refractivity contribution is -0.109. The molecule has 0 aliphatic rings. The predicted octanol–water partition coefficient (Wildman–Crippen LogP) is 2.86. The van der Waals surface area contributed by atoms with Gasteiger partial charge in [-0.05, 0) is 36.4 Å². The molecule has 2 rings (SSSR count). The molecule has 1 aromatic carbocycles. The highest BCUT2D eigenvalue weighted by atomic mass is 79.9. The number of nitrogens with two attached hydrogens (primary N) is 1. The van der Waals surface area contributed by atoms with E-state index < -0.39 is 0 Å². The second-order valence-corrected chi connectivity index (χ2v) is 4.44. The van der Waals surface area contributed by atoms with Crippen molar-refractivity contribution in [3.8, 4) is 0 Å². The maximum Gasteiger partial charge on any atom is 0.221 e. The van der Waals surface area contributed by atoms with E-state index in [1.807, 2.05) is 49.5 Å². The van der Waals surface area contributed by atoms with Gasteiger partial charge in [-0.25, -0.2) is 5.84 Å². The van der Waals surface area contributed by atoms with Gasteiger partial charge in [0.2, 0.25) is 6.41 Å². The van der Waals surface area contributed by atoms with Crippen LogP contribution in [-0.2, 0) is 4.79 Å². The van der Waals surface area contributed by atoms with Crippen LogP contribution in [0, 0.1) is 0 Å². The molecule has 0 saturated carbocycles. The van der Waals surface area contributed by atoms with Crippen molar-refractivity contribution in [2.24, 2.45) is 5.84 Å². The van der Waals surface area contributed by atoms with Crippen molar-refractivity contribution in [3.05, 3.63) is 52.4 Å². The van der Waals surface area contributed by atoms with Crippen LogP contribution in [0.1, 0.15) is 11.3 Å². The molecule has 0 radical (unpaired) electrons. The van der Waals surface area contributed by atoms with Gasteiger partial charge in [0.1, 0.15) is 5.76 Å². The number of hydrogen-bond donors (Lipinski definition) is 3. The molecular formula is C14H16BrN3O2. The zero-order valence-electron chi connectivity index (χ0n) is 11.0. The van der Waals surface area contributed by atoms with Gasteiger partial charge in [0.25, 0.3) is 0 Å². The molecule has 106 valence electrons. The van der Waals surface area contributed by atoms with Crippen LogP contribution >= 0.6 is 15.9 Å². The molecule has 0 spiro atoms. The number of anilines is 1. The summed E-state index contributed by atoms with van der Waals surface area (Å²) < 4.78 is 6.30. The van der Waals surface area contributed by atoms with Gasteiger partial charge in [0.05, 0.1) is 6.26 Å². The number of halogens is 1. The average molecular weight is 338 g/mol. The highest BCUT2D eigenvalue weighted by molar-refractivity contribution is 9.10. The minimum Gasteiger partial charge on any atom is -0.465 e. The number of hydrogen-bond acceptors (Lipinski definition) is 4. The van der Waals surface area contributed by atoms with Crippen LogP contribution in [-0.4, -0.2) is 13.5 Å². The molecule has 20 heavy (non-hydrogen) atoms.